The Morgan fingerprint density at radius 1 is 1.00 bits per heavy atom. The van der Waals surface area contributed by atoms with E-state index in [-0.39, 0.29) is 17.6 Å². The summed E-state index contributed by atoms with van der Waals surface area (Å²) in [4.78, 5) is 32.5. The number of hydrogen-bond acceptors (Lipinski definition) is 7. The molecule has 9 nitrogen and oxygen atoms in total. The van der Waals surface area contributed by atoms with Crippen LogP contribution in [0.2, 0.25) is 0 Å². The monoisotopic (exact) mass is 637 g/mol. The van der Waals surface area contributed by atoms with E-state index in [4.69, 9.17) is 14.7 Å². The number of nitrogens with one attached hydrogen (secondary N) is 1. The molecule has 1 aromatic carbocycles. The SMILES string of the molecule is Cc1cc2cc(n1)-c1cnccc1OCCC[C@@H](C)Cn1c(nc3cc(F)c(N4CCC5(CC4)CCN(C4CC4)CC5)cc31)NC2=O. The van der Waals surface area contributed by atoms with E-state index in [0.717, 1.165) is 55.9 Å². The first-order valence-electron chi connectivity index (χ1n) is 17.4. The van der Waals surface area contributed by atoms with E-state index in [1.807, 2.05) is 19.1 Å². The van der Waals surface area contributed by atoms with Crippen LogP contribution in [0.5, 0.6) is 5.75 Å². The largest absolute Gasteiger partial charge is 0.493 e. The number of piperidine rings is 2. The van der Waals surface area contributed by atoms with Crippen molar-refractivity contribution in [2.24, 2.45) is 11.3 Å². The molecule has 1 N–H and O–H groups in total. The van der Waals surface area contributed by atoms with Gasteiger partial charge in [0, 0.05) is 55.4 Å². The Labute approximate surface area is 275 Å². The van der Waals surface area contributed by atoms with E-state index in [9.17, 15) is 4.79 Å². The van der Waals surface area contributed by atoms with Gasteiger partial charge in [0.05, 0.1) is 34.6 Å². The molecule has 0 unspecified atom stereocenters. The second-order valence-electron chi connectivity index (χ2n) is 14.4. The predicted octanol–water partition coefficient (Wildman–Crippen LogP) is 6.85. The number of imidazole rings is 1. The van der Waals surface area contributed by atoms with Crippen molar-refractivity contribution in [2.75, 3.05) is 43.0 Å². The van der Waals surface area contributed by atoms with Crippen LogP contribution in [-0.4, -0.2) is 69.2 Å². The van der Waals surface area contributed by atoms with Crippen molar-refractivity contribution in [2.45, 2.75) is 77.8 Å². The Hall–Kier alpha value is -4.05. The first-order valence-corrected chi connectivity index (χ1v) is 17.4. The number of pyridine rings is 2. The molecule has 1 spiro atoms. The normalized spacial score (nSPS) is 22.1. The quantitative estimate of drug-likeness (QED) is 0.257. The summed E-state index contributed by atoms with van der Waals surface area (Å²) < 4.78 is 24.1. The van der Waals surface area contributed by atoms with Gasteiger partial charge in [0.2, 0.25) is 5.95 Å². The molecule has 8 rings (SSSR count). The lowest BCUT2D eigenvalue weighted by Crippen LogP contribution is -2.47. The molecule has 47 heavy (non-hydrogen) atoms. The third kappa shape index (κ3) is 6.08. The lowest BCUT2D eigenvalue weighted by atomic mass is 9.71. The van der Waals surface area contributed by atoms with Gasteiger partial charge in [-0.2, -0.15) is 0 Å². The molecule has 246 valence electrons. The van der Waals surface area contributed by atoms with Gasteiger partial charge >= 0.3 is 0 Å². The highest BCUT2D eigenvalue weighted by atomic mass is 19.1. The van der Waals surface area contributed by atoms with E-state index in [1.54, 1.807) is 30.6 Å². The zero-order chi connectivity index (χ0) is 32.1. The van der Waals surface area contributed by atoms with Crippen molar-refractivity contribution < 1.29 is 13.9 Å². The molecule has 4 aromatic rings. The van der Waals surface area contributed by atoms with Crippen LogP contribution in [0.15, 0.2) is 42.7 Å². The highest BCUT2D eigenvalue weighted by molar-refractivity contribution is 6.05. The first-order chi connectivity index (χ1) is 22.8. The van der Waals surface area contributed by atoms with E-state index in [1.165, 1.54) is 38.8 Å². The predicted molar refractivity (Wildman–Crippen MR) is 181 cm³/mol. The Morgan fingerprint density at radius 2 is 1.79 bits per heavy atom. The third-order valence-corrected chi connectivity index (χ3v) is 11.0. The van der Waals surface area contributed by atoms with Gasteiger partial charge in [-0.3, -0.25) is 20.1 Å². The first kappa shape index (κ1) is 30.3. The summed E-state index contributed by atoms with van der Waals surface area (Å²) in [6.45, 7) is 9.42. The van der Waals surface area contributed by atoms with Gasteiger partial charge in [-0.15, -0.1) is 0 Å². The Bertz CT molecular complexity index is 1800. The Morgan fingerprint density at radius 3 is 2.57 bits per heavy atom. The highest BCUT2D eigenvalue weighted by Gasteiger charge is 2.41. The van der Waals surface area contributed by atoms with Gasteiger partial charge < -0.3 is 19.1 Å². The van der Waals surface area contributed by atoms with Crippen molar-refractivity contribution in [3.8, 4) is 17.0 Å². The average molecular weight is 638 g/mol. The molecule has 2 bridgehead atoms. The number of anilines is 2. The number of aromatic nitrogens is 4. The number of likely N-dealkylation sites (tertiary alicyclic amines) is 1. The van der Waals surface area contributed by atoms with Crippen molar-refractivity contribution in [3.05, 3.63) is 59.8 Å². The second-order valence-corrected chi connectivity index (χ2v) is 14.4. The molecule has 3 aliphatic heterocycles. The van der Waals surface area contributed by atoms with Crippen LogP contribution in [0.3, 0.4) is 0 Å². The molecule has 3 aromatic heterocycles. The van der Waals surface area contributed by atoms with Crippen LogP contribution in [0, 0.1) is 24.1 Å². The van der Waals surface area contributed by atoms with Gasteiger partial charge in [0.15, 0.2) is 0 Å². The number of hydrogen-bond donors (Lipinski definition) is 1. The number of amides is 1. The second kappa shape index (κ2) is 12.2. The number of carbonyl (C=O) groups excluding carboxylic acids is 1. The summed E-state index contributed by atoms with van der Waals surface area (Å²) in [6, 6.07) is 9.72. The fraction of sp³-hybridized carbons (Fsp3) is 0.514. The molecule has 1 aliphatic carbocycles. The summed E-state index contributed by atoms with van der Waals surface area (Å²) in [7, 11) is 0. The maximum atomic E-state index is 15.8. The summed E-state index contributed by atoms with van der Waals surface area (Å²) in [5.74, 6) is 0.847. The fourth-order valence-corrected chi connectivity index (χ4v) is 8.01. The summed E-state index contributed by atoms with van der Waals surface area (Å²) >= 11 is 0. The molecule has 10 heteroatoms. The number of fused-ring (bicyclic) bond motifs is 7. The Kier molecular flexibility index (Phi) is 7.86. The topological polar surface area (TPSA) is 88.4 Å². The number of nitrogens with zero attached hydrogens (tertiary/aromatic N) is 6. The summed E-state index contributed by atoms with van der Waals surface area (Å²) in [6.07, 6.45) is 12.7. The smallest absolute Gasteiger partial charge is 0.258 e. The highest BCUT2D eigenvalue weighted by Crippen LogP contribution is 2.45. The molecule has 4 aliphatic rings. The van der Waals surface area contributed by atoms with Gasteiger partial charge in [-0.1, -0.05) is 6.92 Å². The van der Waals surface area contributed by atoms with Crippen LogP contribution in [0.1, 0.15) is 74.3 Å². The van der Waals surface area contributed by atoms with Crippen LogP contribution in [0.4, 0.5) is 16.0 Å². The minimum Gasteiger partial charge on any atom is -0.493 e. The van der Waals surface area contributed by atoms with E-state index < -0.39 is 0 Å². The van der Waals surface area contributed by atoms with Gasteiger partial charge in [-0.25, -0.2) is 9.37 Å². The lowest BCUT2D eigenvalue weighted by Gasteiger charge is -2.47. The molecular formula is C37H44FN7O2. The fourth-order valence-electron chi connectivity index (χ4n) is 8.01. The van der Waals surface area contributed by atoms with E-state index in [2.05, 4.69) is 31.6 Å². The number of aryl methyl sites for hydroxylation is 1. The molecule has 1 saturated carbocycles. The maximum absolute atomic E-state index is 15.8. The number of carbonyl (C=O) groups is 1. The van der Waals surface area contributed by atoms with Gasteiger partial charge in [0.1, 0.15) is 11.6 Å². The lowest BCUT2D eigenvalue weighted by molar-refractivity contribution is 0.0755. The van der Waals surface area contributed by atoms with Crippen molar-refractivity contribution in [1.82, 2.24) is 24.4 Å². The number of benzene rings is 1. The molecular weight excluding hydrogens is 593 g/mol. The molecule has 2 saturated heterocycles. The summed E-state index contributed by atoms with van der Waals surface area (Å²) in [5, 5.41) is 3.07. The number of ether oxygens (including phenoxy) is 1. The minimum absolute atomic E-state index is 0.256. The van der Waals surface area contributed by atoms with Gasteiger partial charge in [0.25, 0.3) is 5.91 Å². The van der Waals surface area contributed by atoms with Gasteiger partial charge in [-0.05, 0) is 107 Å². The van der Waals surface area contributed by atoms with Crippen LogP contribution in [-0.2, 0) is 6.54 Å². The zero-order valence-electron chi connectivity index (χ0n) is 27.5. The molecule has 6 heterocycles. The number of rotatable bonds is 2. The zero-order valence-corrected chi connectivity index (χ0v) is 27.5. The van der Waals surface area contributed by atoms with E-state index in [0.29, 0.717) is 58.4 Å². The number of halogens is 1. The van der Waals surface area contributed by atoms with Crippen LogP contribution in [0.25, 0.3) is 22.3 Å². The standard InChI is InChI=1S/C37H44FN7O2/c1-24-4-3-17-47-34-7-12-39-22-28(34)30-19-26(18-25(2)40-30)35(46)42-36-41-31-20-29(38)32(21-33(31)45(36)23-24)44-15-10-37(11-16-44)8-13-43(14-9-37)27-5-6-27/h7,12,18-22,24,27H,3-6,8-11,13-17,23H2,1-2H3,(H,41,42,46)/t24-/m1/s1. The van der Waals surface area contributed by atoms with Crippen molar-refractivity contribution in [3.63, 3.8) is 0 Å². The molecule has 1 amide bonds. The molecule has 1 atom stereocenters. The minimum atomic E-state index is -0.294. The maximum Gasteiger partial charge on any atom is 0.258 e. The van der Waals surface area contributed by atoms with Crippen molar-refractivity contribution >= 4 is 28.6 Å². The average Bonchev–Trinajstić information content (AvgIpc) is 3.87. The molecule has 0 radical (unpaired) electrons. The van der Waals surface area contributed by atoms with Crippen LogP contribution < -0.4 is 15.0 Å². The Balaban J connectivity index is 1.09. The van der Waals surface area contributed by atoms with Crippen LogP contribution >= 0.6 is 0 Å². The molecule has 3 fully saturated rings. The van der Waals surface area contributed by atoms with E-state index >= 15 is 4.39 Å². The van der Waals surface area contributed by atoms with Crippen molar-refractivity contribution in [1.29, 1.82) is 0 Å². The third-order valence-electron chi connectivity index (χ3n) is 11.0. The summed E-state index contributed by atoms with van der Waals surface area (Å²) in [5.41, 5.74) is 4.95.